The Morgan fingerprint density at radius 1 is 1.10 bits per heavy atom. The van der Waals surface area contributed by atoms with Crippen molar-refractivity contribution in [2.75, 3.05) is 0 Å². The monoisotopic (exact) mass is 435 g/mol. The van der Waals surface area contributed by atoms with E-state index in [-0.39, 0.29) is 28.3 Å². The van der Waals surface area contributed by atoms with Crippen molar-refractivity contribution in [3.8, 4) is 17.1 Å². The first-order valence-electron chi connectivity index (χ1n) is 8.90. The molecule has 0 saturated heterocycles. The van der Waals surface area contributed by atoms with Gasteiger partial charge in [0.2, 0.25) is 0 Å². The van der Waals surface area contributed by atoms with Gasteiger partial charge in [0.05, 0.1) is 11.7 Å². The molecular weight excluding hydrogens is 416 g/mol. The first-order chi connectivity index (χ1) is 14.1. The van der Waals surface area contributed by atoms with E-state index < -0.39 is 33.1 Å². The molecule has 1 heterocycles. The summed E-state index contributed by atoms with van der Waals surface area (Å²) in [7, 11) is -2.85. The minimum Gasteiger partial charge on any atom is -0.490 e. The maximum Gasteiger partial charge on any atom is 0.285 e. The smallest absolute Gasteiger partial charge is 0.285 e. The highest BCUT2D eigenvalue weighted by Gasteiger charge is 2.26. The summed E-state index contributed by atoms with van der Waals surface area (Å²) in [5.74, 6) is -2.83. The number of para-hydroxylation sites is 1. The topological polar surface area (TPSA) is 90.3 Å². The molecule has 2 aromatic carbocycles. The van der Waals surface area contributed by atoms with Gasteiger partial charge >= 0.3 is 0 Å². The van der Waals surface area contributed by atoms with Crippen molar-refractivity contribution in [1.29, 1.82) is 0 Å². The quantitative estimate of drug-likeness (QED) is 0.642. The predicted molar refractivity (Wildman–Crippen MR) is 105 cm³/mol. The number of hydrogen-bond acceptors (Lipinski definition) is 5. The Hall–Kier alpha value is -3.27. The summed E-state index contributed by atoms with van der Waals surface area (Å²) in [6, 6.07) is 9.18. The summed E-state index contributed by atoms with van der Waals surface area (Å²) < 4.78 is 62.2. The maximum absolute atomic E-state index is 14.1. The Labute approximate surface area is 172 Å². The molecule has 0 aliphatic heterocycles. The number of rotatable bonds is 6. The van der Waals surface area contributed by atoms with E-state index in [2.05, 4.69) is 4.98 Å². The maximum atomic E-state index is 14.1. The van der Waals surface area contributed by atoms with E-state index >= 15 is 0 Å². The van der Waals surface area contributed by atoms with Gasteiger partial charge in [0.25, 0.3) is 15.9 Å². The molecule has 0 aliphatic rings. The number of benzene rings is 2. The number of nitrogens with one attached hydrogen (secondary N) is 1. The molecule has 1 aromatic heterocycles. The lowest BCUT2D eigenvalue weighted by molar-refractivity contribution is 0.0977. The Bertz CT molecular complexity index is 1190. The Morgan fingerprint density at radius 3 is 2.37 bits per heavy atom. The van der Waals surface area contributed by atoms with Crippen LogP contribution in [0.1, 0.15) is 24.3 Å². The number of ether oxygens (including phenoxy) is 1. The van der Waals surface area contributed by atoms with Gasteiger partial charge in [-0.25, -0.2) is 26.9 Å². The number of carbonyl (C=O) groups is 1. The largest absolute Gasteiger partial charge is 0.490 e. The number of aryl methyl sites for hydroxylation is 1. The van der Waals surface area contributed by atoms with Gasteiger partial charge in [-0.15, -0.1) is 0 Å². The molecule has 0 fully saturated rings. The van der Waals surface area contributed by atoms with Gasteiger partial charge in [-0.3, -0.25) is 4.79 Å². The van der Waals surface area contributed by atoms with E-state index in [0.29, 0.717) is 0 Å². The van der Waals surface area contributed by atoms with E-state index in [1.54, 1.807) is 19.9 Å². The van der Waals surface area contributed by atoms with E-state index in [0.717, 1.165) is 12.1 Å². The average molecular weight is 435 g/mol. The molecule has 1 N–H and O–H groups in total. The lowest BCUT2D eigenvalue weighted by Crippen LogP contribution is -2.31. The summed E-state index contributed by atoms with van der Waals surface area (Å²) in [5.41, 5.74) is -0.737. The van der Waals surface area contributed by atoms with Crippen LogP contribution in [0.25, 0.3) is 11.4 Å². The van der Waals surface area contributed by atoms with E-state index in [1.165, 1.54) is 42.1 Å². The molecule has 0 radical (unpaired) electrons. The fraction of sp³-hybridized carbons (Fsp3) is 0.200. The SMILES string of the molecule is CC(C)Oc1ccccc1S(=O)(=O)NC(=O)c1cn(C)c(-c2c(F)cccc2F)n1. The summed E-state index contributed by atoms with van der Waals surface area (Å²) in [4.78, 5) is 16.2. The molecule has 30 heavy (non-hydrogen) atoms. The third-order valence-electron chi connectivity index (χ3n) is 4.02. The molecule has 3 aromatic rings. The zero-order valence-corrected chi connectivity index (χ0v) is 17.2. The molecular formula is C20H19F2N3O4S. The molecule has 0 aliphatic carbocycles. The van der Waals surface area contributed by atoms with Gasteiger partial charge in [-0.2, -0.15) is 0 Å². The van der Waals surface area contributed by atoms with Crippen molar-refractivity contribution >= 4 is 15.9 Å². The van der Waals surface area contributed by atoms with Crippen LogP contribution in [0, 0.1) is 11.6 Å². The minimum atomic E-state index is -4.29. The number of carbonyl (C=O) groups excluding carboxylic acids is 1. The van der Waals surface area contributed by atoms with Gasteiger partial charge in [0, 0.05) is 13.2 Å². The number of sulfonamides is 1. The van der Waals surface area contributed by atoms with E-state index in [4.69, 9.17) is 4.74 Å². The second kappa shape index (κ2) is 8.23. The summed E-state index contributed by atoms with van der Waals surface area (Å²) >= 11 is 0. The van der Waals surface area contributed by atoms with Crippen molar-refractivity contribution in [2.24, 2.45) is 7.05 Å². The Balaban J connectivity index is 1.92. The summed E-state index contributed by atoms with van der Waals surface area (Å²) in [5, 5.41) is 0. The third-order valence-corrected chi connectivity index (χ3v) is 5.39. The van der Waals surface area contributed by atoms with Crippen LogP contribution in [0.4, 0.5) is 8.78 Å². The van der Waals surface area contributed by atoms with Gasteiger partial charge in [-0.05, 0) is 38.1 Å². The highest BCUT2D eigenvalue weighted by molar-refractivity contribution is 7.90. The normalized spacial score (nSPS) is 11.5. The molecule has 0 bridgehead atoms. The van der Waals surface area contributed by atoms with Crippen molar-refractivity contribution in [2.45, 2.75) is 24.8 Å². The van der Waals surface area contributed by atoms with Gasteiger partial charge in [-0.1, -0.05) is 18.2 Å². The van der Waals surface area contributed by atoms with Crippen LogP contribution >= 0.6 is 0 Å². The second-order valence-electron chi connectivity index (χ2n) is 6.71. The van der Waals surface area contributed by atoms with Crippen molar-refractivity contribution in [1.82, 2.24) is 14.3 Å². The van der Waals surface area contributed by atoms with Gasteiger partial charge in [0.15, 0.2) is 0 Å². The van der Waals surface area contributed by atoms with Gasteiger partial charge < -0.3 is 9.30 Å². The molecule has 3 rings (SSSR count). The third kappa shape index (κ3) is 4.33. The molecule has 1 amide bonds. The molecule has 0 spiro atoms. The van der Waals surface area contributed by atoms with Crippen molar-refractivity contribution in [3.05, 3.63) is 66.0 Å². The number of hydrogen-bond donors (Lipinski definition) is 1. The van der Waals surface area contributed by atoms with Crippen LogP contribution in [0.2, 0.25) is 0 Å². The Kier molecular flexibility index (Phi) is 5.88. The van der Waals surface area contributed by atoms with E-state index in [1.807, 2.05) is 4.72 Å². The molecule has 0 saturated carbocycles. The first kappa shape index (κ1) is 21.4. The minimum absolute atomic E-state index is 0.0861. The summed E-state index contributed by atoms with van der Waals surface area (Å²) in [6.07, 6.45) is 0.897. The molecule has 0 unspecified atom stereocenters. The molecule has 158 valence electrons. The number of amides is 1. The van der Waals surface area contributed by atoms with Crippen molar-refractivity contribution in [3.63, 3.8) is 0 Å². The number of aromatic nitrogens is 2. The van der Waals surface area contributed by atoms with Crippen LogP contribution in [0.5, 0.6) is 5.75 Å². The van der Waals surface area contributed by atoms with Crippen LogP contribution in [0.3, 0.4) is 0 Å². The summed E-state index contributed by atoms with van der Waals surface area (Å²) in [6.45, 7) is 3.47. The number of imidazole rings is 1. The average Bonchev–Trinajstić information content (AvgIpc) is 3.03. The van der Waals surface area contributed by atoms with E-state index in [9.17, 15) is 22.0 Å². The number of nitrogens with zero attached hydrogens (tertiary/aromatic N) is 2. The van der Waals surface area contributed by atoms with Crippen molar-refractivity contribution < 1.29 is 26.7 Å². The molecule has 0 atom stereocenters. The standard InChI is InChI=1S/C20H19F2N3O4S/c1-12(2)29-16-9-4-5-10-17(16)30(27,28)24-20(26)15-11-25(3)19(23-15)18-13(21)7-6-8-14(18)22/h4-12H,1-3H3,(H,24,26). The fourth-order valence-electron chi connectivity index (χ4n) is 2.77. The van der Waals surface area contributed by atoms with Crippen LogP contribution < -0.4 is 9.46 Å². The van der Waals surface area contributed by atoms with Crippen LogP contribution in [-0.2, 0) is 17.1 Å². The highest BCUT2D eigenvalue weighted by atomic mass is 32.2. The zero-order valence-electron chi connectivity index (χ0n) is 16.4. The molecule has 10 heteroatoms. The molecule has 7 nitrogen and oxygen atoms in total. The van der Waals surface area contributed by atoms with Crippen LogP contribution in [-0.4, -0.2) is 30.0 Å². The lowest BCUT2D eigenvalue weighted by atomic mass is 10.2. The van der Waals surface area contributed by atoms with Crippen LogP contribution in [0.15, 0.2) is 53.6 Å². The number of halogens is 2. The Morgan fingerprint density at radius 2 is 1.73 bits per heavy atom. The lowest BCUT2D eigenvalue weighted by Gasteiger charge is -2.14. The fourth-order valence-corrected chi connectivity index (χ4v) is 3.87. The highest BCUT2D eigenvalue weighted by Crippen LogP contribution is 2.26. The predicted octanol–water partition coefficient (Wildman–Crippen LogP) is 3.27. The second-order valence-corrected chi connectivity index (χ2v) is 8.36. The first-order valence-corrected chi connectivity index (χ1v) is 10.4. The zero-order chi connectivity index (χ0) is 22.1. The van der Waals surface area contributed by atoms with Gasteiger partial charge in [0.1, 0.15) is 33.8 Å².